The van der Waals surface area contributed by atoms with Gasteiger partial charge >= 0.3 is 0 Å². The van der Waals surface area contributed by atoms with Crippen LogP contribution in [0.25, 0.3) is 0 Å². The van der Waals surface area contributed by atoms with Gasteiger partial charge in [-0.25, -0.2) is 0 Å². The summed E-state index contributed by atoms with van der Waals surface area (Å²) in [7, 11) is 1.56. The third-order valence-corrected chi connectivity index (χ3v) is 9.29. The van der Waals surface area contributed by atoms with Crippen LogP contribution in [-0.4, -0.2) is 41.6 Å². The van der Waals surface area contributed by atoms with E-state index in [9.17, 15) is 9.59 Å². The van der Waals surface area contributed by atoms with Gasteiger partial charge in [-0.05, 0) is 41.0 Å². The molecule has 1 saturated heterocycles. The highest BCUT2D eigenvalue weighted by Gasteiger charge is 2.81. The van der Waals surface area contributed by atoms with Crippen LogP contribution >= 0.6 is 0 Å². The van der Waals surface area contributed by atoms with Gasteiger partial charge in [0, 0.05) is 40.9 Å². The lowest BCUT2D eigenvalue weighted by molar-refractivity contribution is -0.171. The number of allylic oxidation sites excluding steroid dienone is 2. The smallest absolute Gasteiger partial charge is 0.200 e. The summed E-state index contributed by atoms with van der Waals surface area (Å²) in [5.41, 5.74) is -0.582. The number of rotatable bonds is 3. The Morgan fingerprint density at radius 2 is 1.91 bits per heavy atom. The molecule has 4 bridgehead atoms. The van der Waals surface area contributed by atoms with E-state index in [0.717, 1.165) is 11.1 Å². The first-order chi connectivity index (χ1) is 16.3. The summed E-state index contributed by atoms with van der Waals surface area (Å²) in [6, 6.07) is 1.81. The molecule has 1 aromatic rings. The maximum absolute atomic E-state index is 14.4. The zero-order valence-corrected chi connectivity index (χ0v) is 21.8. The first-order valence-corrected chi connectivity index (χ1v) is 12.6. The molecule has 1 saturated carbocycles. The normalized spacial score (nSPS) is 36.5. The molecule has 7 rings (SSSR count). The van der Waals surface area contributed by atoms with Crippen molar-refractivity contribution in [2.75, 3.05) is 7.11 Å². The first-order valence-electron chi connectivity index (χ1n) is 12.6. The van der Waals surface area contributed by atoms with E-state index in [4.69, 9.17) is 18.9 Å². The molecule has 0 amide bonds. The van der Waals surface area contributed by atoms with Gasteiger partial charge in [-0.15, -0.1) is 0 Å². The van der Waals surface area contributed by atoms with Crippen LogP contribution in [0, 0.1) is 11.8 Å². The first kappa shape index (κ1) is 22.8. The number of carbonyl (C=O) groups is 2. The second kappa shape index (κ2) is 6.58. The summed E-state index contributed by atoms with van der Waals surface area (Å²) < 4.78 is 25.8. The number of ether oxygens (including phenoxy) is 4. The summed E-state index contributed by atoms with van der Waals surface area (Å²) in [5, 5.41) is 0. The van der Waals surface area contributed by atoms with Crippen molar-refractivity contribution in [2.24, 2.45) is 11.8 Å². The zero-order chi connectivity index (χ0) is 25.3. The Kier molecular flexibility index (Phi) is 4.29. The van der Waals surface area contributed by atoms with Gasteiger partial charge in [0.25, 0.3) is 0 Å². The van der Waals surface area contributed by atoms with Gasteiger partial charge in [0.05, 0.1) is 12.7 Å². The van der Waals surface area contributed by atoms with Crippen molar-refractivity contribution >= 4 is 11.6 Å². The van der Waals surface area contributed by atoms with E-state index in [-0.39, 0.29) is 29.5 Å². The molecule has 5 atom stereocenters. The van der Waals surface area contributed by atoms with Gasteiger partial charge in [0.1, 0.15) is 28.9 Å². The quantitative estimate of drug-likeness (QED) is 0.562. The molecule has 1 aromatic carbocycles. The molecule has 0 radical (unpaired) electrons. The number of carbonyl (C=O) groups excluding carboxylic acids is 2. The Balaban J connectivity index is 1.69. The van der Waals surface area contributed by atoms with Crippen molar-refractivity contribution in [1.29, 1.82) is 0 Å². The molecule has 0 unspecified atom stereocenters. The van der Waals surface area contributed by atoms with Gasteiger partial charge < -0.3 is 18.9 Å². The minimum absolute atomic E-state index is 0.0141. The van der Waals surface area contributed by atoms with Crippen molar-refractivity contribution in [3.8, 4) is 17.2 Å². The third-order valence-electron chi connectivity index (χ3n) is 9.29. The molecule has 3 heterocycles. The molecule has 2 fully saturated rings. The Morgan fingerprint density at radius 3 is 2.57 bits per heavy atom. The van der Waals surface area contributed by atoms with E-state index in [1.54, 1.807) is 13.2 Å². The van der Waals surface area contributed by atoms with E-state index in [0.29, 0.717) is 41.2 Å². The number of fused-ring (bicyclic) bond motifs is 3. The van der Waals surface area contributed by atoms with Crippen LogP contribution in [0.1, 0.15) is 77.2 Å². The second-order valence-electron chi connectivity index (χ2n) is 12.2. The summed E-state index contributed by atoms with van der Waals surface area (Å²) >= 11 is 0. The van der Waals surface area contributed by atoms with Gasteiger partial charge in [0.15, 0.2) is 22.8 Å². The van der Waals surface area contributed by atoms with Gasteiger partial charge in [-0.2, -0.15) is 0 Å². The van der Waals surface area contributed by atoms with Crippen LogP contribution in [0.15, 0.2) is 29.4 Å². The lowest BCUT2D eigenvalue weighted by atomic mass is 9.51. The minimum Gasteiger partial charge on any atom is -0.496 e. The van der Waals surface area contributed by atoms with Crippen molar-refractivity contribution in [3.05, 3.63) is 40.5 Å². The fourth-order valence-electron chi connectivity index (χ4n) is 7.31. The largest absolute Gasteiger partial charge is 0.496 e. The van der Waals surface area contributed by atoms with Crippen LogP contribution in [0.3, 0.4) is 0 Å². The van der Waals surface area contributed by atoms with Crippen LogP contribution in [0.4, 0.5) is 0 Å². The van der Waals surface area contributed by atoms with Crippen LogP contribution in [0.5, 0.6) is 17.2 Å². The average Bonchev–Trinajstić information content (AvgIpc) is 3.10. The van der Waals surface area contributed by atoms with Crippen molar-refractivity contribution < 1.29 is 28.5 Å². The highest BCUT2D eigenvalue weighted by atomic mass is 16.6. The van der Waals surface area contributed by atoms with E-state index < -0.39 is 22.2 Å². The van der Waals surface area contributed by atoms with E-state index >= 15 is 0 Å². The zero-order valence-electron chi connectivity index (χ0n) is 21.8. The Labute approximate surface area is 206 Å². The summed E-state index contributed by atoms with van der Waals surface area (Å²) in [6.45, 7) is 14.3. The molecule has 0 aromatic heterocycles. The molecule has 6 nitrogen and oxygen atoms in total. The summed E-state index contributed by atoms with van der Waals surface area (Å²) in [6.07, 6.45) is 4.75. The maximum Gasteiger partial charge on any atom is 0.200 e. The lowest BCUT2D eigenvalue weighted by Crippen LogP contribution is -2.72. The Morgan fingerprint density at radius 1 is 1.20 bits per heavy atom. The predicted molar refractivity (Wildman–Crippen MR) is 130 cm³/mol. The topological polar surface area (TPSA) is 71.1 Å². The fourth-order valence-corrected chi connectivity index (χ4v) is 7.31. The molecule has 6 heteroatoms. The number of methoxy groups -OCH3 is 1. The third kappa shape index (κ3) is 2.44. The molecular weight excluding hydrogens is 444 g/mol. The standard InChI is InChI=1S/C29H34O6/c1-14(2)9-10-28-25(31)16-11-17-23(30)21-18(32-8)13-19-22(26(4,5)15(3)33-19)24(21)34-29(17,28)20(12-16)27(6,7)35-28/h9,11,13,15-16,20H,10,12H2,1-8H3/t15-,16-,20-,28-,29+/m0/s1. The molecule has 186 valence electrons. The second-order valence-corrected chi connectivity index (χ2v) is 12.2. The van der Waals surface area contributed by atoms with Crippen LogP contribution in [0.2, 0.25) is 0 Å². The Bertz CT molecular complexity index is 1260. The number of benzene rings is 1. The average molecular weight is 479 g/mol. The van der Waals surface area contributed by atoms with Gasteiger partial charge in [0.2, 0.25) is 0 Å². The van der Waals surface area contributed by atoms with Gasteiger partial charge in [-0.3, -0.25) is 9.59 Å². The SMILES string of the molecule is COc1cc2c(c3c1C(=O)C1=C[C@H]4C[C@H]5C(C)(C)O[C@@](CC=C(C)C)(C4=O)[C@@]15O3)C(C)(C)[C@H](C)O2. The molecule has 3 aliphatic heterocycles. The van der Waals surface area contributed by atoms with Crippen LogP contribution in [-0.2, 0) is 14.9 Å². The number of Topliss-reactive ketones (excluding diaryl/α,β-unsaturated/α-hetero) is 2. The van der Waals surface area contributed by atoms with Crippen molar-refractivity contribution in [1.82, 2.24) is 0 Å². The highest BCUT2D eigenvalue weighted by Crippen LogP contribution is 2.69. The fraction of sp³-hybridized carbons (Fsp3) is 0.586. The highest BCUT2D eigenvalue weighted by molar-refractivity contribution is 6.18. The summed E-state index contributed by atoms with van der Waals surface area (Å²) in [4.78, 5) is 28.4. The molecule has 6 aliphatic rings. The summed E-state index contributed by atoms with van der Waals surface area (Å²) in [5.74, 6) is 0.950. The molecular formula is C29H34O6. The number of hydrogen-bond donors (Lipinski definition) is 0. The van der Waals surface area contributed by atoms with Crippen molar-refractivity contribution in [2.45, 2.75) is 89.6 Å². The molecule has 35 heavy (non-hydrogen) atoms. The minimum atomic E-state index is -1.26. The van der Waals surface area contributed by atoms with Gasteiger partial charge in [-0.1, -0.05) is 31.6 Å². The van der Waals surface area contributed by atoms with E-state index in [2.05, 4.69) is 13.8 Å². The number of hydrogen-bond acceptors (Lipinski definition) is 6. The molecule has 0 N–H and O–H groups in total. The predicted octanol–water partition coefficient (Wildman–Crippen LogP) is 5.12. The van der Waals surface area contributed by atoms with Crippen LogP contribution < -0.4 is 14.2 Å². The van der Waals surface area contributed by atoms with Crippen molar-refractivity contribution in [3.63, 3.8) is 0 Å². The van der Waals surface area contributed by atoms with E-state index in [1.165, 1.54) is 0 Å². The molecule has 3 aliphatic carbocycles. The Hall–Kier alpha value is -2.60. The number of ketones is 2. The monoisotopic (exact) mass is 478 g/mol. The van der Waals surface area contributed by atoms with E-state index in [1.807, 2.05) is 46.8 Å². The maximum atomic E-state index is 14.4. The lowest BCUT2D eigenvalue weighted by Gasteiger charge is -2.56. The molecule has 1 spiro atoms.